The van der Waals surface area contributed by atoms with Crippen molar-refractivity contribution in [3.05, 3.63) is 71.4 Å². The van der Waals surface area contributed by atoms with E-state index < -0.39 is 6.04 Å². The summed E-state index contributed by atoms with van der Waals surface area (Å²) in [5, 5.41) is 6.81. The number of hydrogen-bond acceptors (Lipinski definition) is 3. The smallest absolute Gasteiger partial charge is 0.243 e. The standard InChI is InChI=1S/C24H29N3O3/c1-16(2)30-15-19-9-5-4-8-18(19)13-26-24(29)23(27-17(3)28)12-20-14-25-22-11-7-6-10-21(20)22/h4-11,14,16,23,25H,12-13,15H2,1-3H3,(H,26,29)(H,27,28). The number of carbonyl (C=O) groups is 2. The summed E-state index contributed by atoms with van der Waals surface area (Å²) in [5.41, 5.74) is 4.04. The fraction of sp³-hybridized carbons (Fsp3) is 0.333. The third-order valence-corrected chi connectivity index (χ3v) is 4.94. The zero-order valence-corrected chi connectivity index (χ0v) is 17.7. The number of aromatic amines is 1. The number of rotatable bonds is 9. The van der Waals surface area contributed by atoms with Crippen LogP contribution in [0.25, 0.3) is 10.9 Å². The maximum absolute atomic E-state index is 12.9. The number of benzene rings is 2. The molecule has 0 aliphatic rings. The van der Waals surface area contributed by atoms with E-state index in [2.05, 4.69) is 15.6 Å². The first-order chi connectivity index (χ1) is 14.4. The van der Waals surface area contributed by atoms with Gasteiger partial charge in [-0.2, -0.15) is 0 Å². The van der Waals surface area contributed by atoms with Gasteiger partial charge in [0, 0.05) is 37.0 Å². The van der Waals surface area contributed by atoms with Crippen molar-refractivity contribution in [3.8, 4) is 0 Å². The molecule has 1 atom stereocenters. The lowest BCUT2D eigenvalue weighted by Gasteiger charge is -2.18. The number of amides is 2. The molecular formula is C24H29N3O3. The molecule has 1 unspecified atom stereocenters. The van der Waals surface area contributed by atoms with Gasteiger partial charge in [-0.3, -0.25) is 9.59 Å². The molecule has 3 rings (SSSR count). The third kappa shape index (κ3) is 5.70. The molecule has 3 aromatic rings. The Morgan fingerprint density at radius 3 is 2.43 bits per heavy atom. The number of hydrogen-bond donors (Lipinski definition) is 3. The largest absolute Gasteiger partial charge is 0.374 e. The molecule has 0 aliphatic carbocycles. The van der Waals surface area contributed by atoms with Crippen molar-refractivity contribution in [1.82, 2.24) is 15.6 Å². The monoisotopic (exact) mass is 407 g/mol. The molecule has 6 heteroatoms. The summed E-state index contributed by atoms with van der Waals surface area (Å²) < 4.78 is 5.71. The molecule has 0 saturated carbocycles. The van der Waals surface area contributed by atoms with Crippen LogP contribution in [0, 0.1) is 0 Å². The highest BCUT2D eigenvalue weighted by Crippen LogP contribution is 2.19. The summed E-state index contributed by atoms with van der Waals surface area (Å²) in [6, 6.07) is 15.1. The number of para-hydroxylation sites is 1. The van der Waals surface area contributed by atoms with Crippen molar-refractivity contribution in [2.75, 3.05) is 0 Å². The molecule has 3 N–H and O–H groups in total. The van der Waals surface area contributed by atoms with Crippen LogP contribution in [0.2, 0.25) is 0 Å². The van der Waals surface area contributed by atoms with Crippen molar-refractivity contribution in [2.45, 2.75) is 52.5 Å². The van der Waals surface area contributed by atoms with Crippen molar-refractivity contribution in [3.63, 3.8) is 0 Å². The van der Waals surface area contributed by atoms with Crippen molar-refractivity contribution in [1.29, 1.82) is 0 Å². The van der Waals surface area contributed by atoms with E-state index in [1.807, 2.05) is 68.6 Å². The number of H-pyrrole nitrogens is 1. The Balaban J connectivity index is 1.70. The Hall–Kier alpha value is -3.12. The molecule has 0 fully saturated rings. The number of nitrogens with one attached hydrogen (secondary N) is 3. The topological polar surface area (TPSA) is 83.2 Å². The molecule has 0 spiro atoms. The average molecular weight is 408 g/mol. The first kappa shape index (κ1) is 21.6. The van der Waals surface area contributed by atoms with Gasteiger partial charge in [0.2, 0.25) is 11.8 Å². The second-order valence-corrected chi connectivity index (χ2v) is 7.66. The predicted octanol–water partition coefficient (Wildman–Crippen LogP) is 3.46. The SMILES string of the molecule is CC(=O)NC(Cc1c[nH]c2ccccc12)C(=O)NCc1ccccc1COC(C)C. The van der Waals surface area contributed by atoms with Crippen LogP contribution in [-0.4, -0.2) is 28.9 Å². The minimum Gasteiger partial charge on any atom is -0.374 e. The average Bonchev–Trinajstić information content (AvgIpc) is 3.13. The Labute approximate surface area is 177 Å². The summed E-state index contributed by atoms with van der Waals surface area (Å²) in [5.74, 6) is -0.448. The molecule has 6 nitrogen and oxygen atoms in total. The Morgan fingerprint density at radius 1 is 1.00 bits per heavy atom. The molecule has 1 heterocycles. The first-order valence-electron chi connectivity index (χ1n) is 10.2. The Bertz CT molecular complexity index is 1010. The Morgan fingerprint density at radius 2 is 1.70 bits per heavy atom. The highest BCUT2D eigenvalue weighted by atomic mass is 16.5. The molecule has 2 aromatic carbocycles. The zero-order chi connectivity index (χ0) is 21.5. The summed E-state index contributed by atoms with van der Waals surface area (Å²) in [7, 11) is 0. The van der Waals surface area contributed by atoms with Gasteiger partial charge in [-0.1, -0.05) is 42.5 Å². The van der Waals surface area contributed by atoms with Crippen LogP contribution in [-0.2, 0) is 33.9 Å². The second-order valence-electron chi connectivity index (χ2n) is 7.66. The summed E-state index contributed by atoms with van der Waals surface area (Å²) >= 11 is 0. The number of fused-ring (bicyclic) bond motifs is 1. The second kappa shape index (κ2) is 10.1. The fourth-order valence-electron chi connectivity index (χ4n) is 3.41. The van der Waals surface area contributed by atoms with Crippen LogP contribution >= 0.6 is 0 Å². The van der Waals surface area contributed by atoms with E-state index in [-0.39, 0.29) is 17.9 Å². The molecule has 0 radical (unpaired) electrons. The van der Waals surface area contributed by atoms with E-state index >= 15 is 0 Å². The number of carbonyl (C=O) groups excluding carboxylic acids is 2. The lowest BCUT2D eigenvalue weighted by Crippen LogP contribution is -2.47. The Kier molecular flexibility index (Phi) is 7.25. The summed E-state index contributed by atoms with van der Waals surface area (Å²) in [4.78, 5) is 27.9. The molecule has 2 amide bonds. The van der Waals surface area contributed by atoms with Crippen LogP contribution < -0.4 is 10.6 Å². The highest BCUT2D eigenvalue weighted by Gasteiger charge is 2.21. The minimum atomic E-state index is -0.652. The van der Waals surface area contributed by atoms with Crippen LogP contribution in [0.1, 0.15) is 37.5 Å². The van der Waals surface area contributed by atoms with Crippen LogP contribution in [0.3, 0.4) is 0 Å². The van der Waals surface area contributed by atoms with Crippen LogP contribution in [0.4, 0.5) is 0 Å². The zero-order valence-electron chi connectivity index (χ0n) is 17.7. The highest BCUT2D eigenvalue weighted by molar-refractivity contribution is 5.89. The van der Waals surface area contributed by atoms with E-state index in [1.54, 1.807) is 0 Å². The van der Waals surface area contributed by atoms with Gasteiger partial charge < -0.3 is 20.4 Å². The maximum Gasteiger partial charge on any atom is 0.243 e. The van der Waals surface area contributed by atoms with Gasteiger partial charge in [-0.15, -0.1) is 0 Å². The third-order valence-electron chi connectivity index (χ3n) is 4.94. The molecule has 158 valence electrons. The van der Waals surface area contributed by atoms with Gasteiger partial charge in [-0.25, -0.2) is 0 Å². The lowest BCUT2D eigenvalue weighted by molar-refractivity contribution is -0.128. The van der Waals surface area contributed by atoms with Crippen LogP contribution in [0.15, 0.2) is 54.7 Å². The maximum atomic E-state index is 12.9. The van der Waals surface area contributed by atoms with Crippen LogP contribution in [0.5, 0.6) is 0 Å². The molecule has 1 aromatic heterocycles. The van der Waals surface area contributed by atoms with E-state index in [9.17, 15) is 9.59 Å². The van der Waals surface area contributed by atoms with Gasteiger partial charge in [0.25, 0.3) is 0 Å². The van der Waals surface area contributed by atoms with Gasteiger partial charge >= 0.3 is 0 Å². The normalized spacial score (nSPS) is 12.1. The van der Waals surface area contributed by atoms with Crippen molar-refractivity contribution < 1.29 is 14.3 Å². The minimum absolute atomic E-state index is 0.132. The van der Waals surface area contributed by atoms with Gasteiger partial charge in [0.05, 0.1) is 12.7 Å². The van der Waals surface area contributed by atoms with Gasteiger partial charge in [0.1, 0.15) is 6.04 Å². The molecule has 0 bridgehead atoms. The molecule has 30 heavy (non-hydrogen) atoms. The molecular weight excluding hydrogens is 378 g/mol. The fourth-order valence-corrected chi connectivity index (χ4v) is 3.41. The van der Waals surface area contributed by atoms with Gasteiger partial charge in [0.15, 0.2) is 0 Å². The molecule has 0 aliphatic heterocycles. The van der Waals surface area contributed by atoms with Gasteiger partial charge in [-0.05, 0) is 36.6 Å². The van der Waals surface area contributed by atoms with Crippen molar-refractivity contribution in [2.24, 2.45) is 0 Å². The number of ether oxygens (including phenoxy) is 1. The van der Waals surface area contributed by atoms with Crippen molar-refractivity contribution >= 4 is 22.7 Å². The summed E-state index contributed by atoms with van der Waals surface area (Å²) in [6.07, 6.45) is 2.44. The quantitative estimate of drug-likeness (QED) is 0.508. The predicted molar refractivity (Wildman–Crippen MR) is 118 cm³/mol. The number of aromatic nitrogens is 1. The molecule has 0 saturated heterocycles. The van der Waals surface area contributed by atoms with E-state index in [1.165, 1.54) is 6.92 Å². The van der Waals surface area contributed by atoms with E-state index in [0.29, 0.717) is 19.6 Å². The summed E-state index contributed by atoms with van der Waals surface area (Å²) in [6.45, 7) is 6.28. The van der Waals surface area contributed by atoms with E-state index in [0.717, 1.165) is 27.6 Å². The van der Waals surface area contributed by atoms with E-state index in [4.69, 9.17) is 4.74 Å². The lowest BCUT2D eigenvalue weighted by atomic mass is 10.0. The first-order valence-corrected chi connectivity index (χ1v) is 10.2.